The van der Waals surface area contributed by atoms with Crippen LogP contribution in [0.25, 0.3) is 0 Å². The van der Waals surface area contributed by atoms with Crippen molar-refractivity contribution in [2.24, 2.45) is 11.1 Å². The Morgan fingerprint density at radius 1 is 1.50 bits per heavy atom. The average Bonchev–Trinajstić information content (AvgIpc) is 1.85. The molecule has 0 spiro atoms. The second-order valence-corrected chi connectivity index (χ2v) is 4.01. The van der Waals surface area contributed by atoms with Crippen molar-refractivity contribution in [2.75, 3.05) is 0 Å². The Morgan fingerprint density at radius 2 is 2.00 bits per heavy atom. The Labute approximate surface area is 69.0 Å². The van der Waals surface area contributed by atoms with Gasteiger partial charge < -0.3 is 5.73 Å². The molecular weight excluding hydrogens is 142 g/mol. The maximum atomic E-state index is 5.39. The van der Waals surface area contributed by atoms with Gasteiger partial charge in [0.25, 0.3) is 0 Å². The molecule has 0 aliphatic rings. The molecule has 0 fully saturated rings. The molecule has 0 aliphatic heterocycles. The van der Waals surface area contributed by atoms with Crippen molar-refractivity contribution in [1.29, 1.82) is 0 Å². The maximum Gasteiger partial charge on any atom is 0.0727 e. The summed E-state index contributed by atoms with van der Waals surface area (Å²) in [5, 5.41) is 0. The summed E-state index contributed by atoms with van der Waals surface area (Å²) in [7, 11) is 0. The minimum atomic E-state index is 0.406. The number of hydrogen-bond donors (Lipinski definition) is 1. The Kier molecular flexibility index (Phi) is 3.87. The largest absolute Gasteiger partial charge is 0.393 e. The zero-order chi connectivity index (χ0) is 8.20. The van der Waals surface area contributed by atoms with E-state index in [2.05, 4.69) is 20.8 Å². The van der Waals surface area contributed by atoms with E-state index in [0.29, 0.717) is 10.4 Å². The van der Waals surface area contributed by atoms with Crippen LogP contribution in [0.15, 0.2) is 0 Å². The van der Waals surface area contributed by atoms with Gasteiger partial charge in [-0.15, -0.1) is 0 Å². The van der Waals surface area contributed by atoms with Gasteiger partial charge in [0.1, 0.15) is 0 Å². The Balaban J connectivity index is 3.56. The fraction of sp³-hybridized carbons (Fsp3) is 0.875. The summed E-state index contributed by atoms with van der Waals surface area (Å²) in [5.74, 6) is 0. The number of nitrogens with two attached hydrogens (primary N) is 1. The molecule has 0 bridgehead atoms. The fourth-order valence-electron chi connectivity index (χ4n) is 0.638. The van der Waals surface area contributed by atoms with Crippen molar-refractivity contribution in [2.45, 2.75) is 40.0 Å². The molecule has 10 heavy (non-hydrogen) atoms. The lowest BCUT2D eigenvalue weighted by Gasteiger charge is -2.21. The SMILES string of the molecule is CCC(C)(C)CCC(N)=S. The summed E-state index contributed by atoms with van der Waals surface area (Å²) in [6, 6.07) is 0. The van der Waals surface area contributed by atoms with E-state index in [9.17, 15) is 0 Å². The van der Waals surface area contributed by atoms with Gasteiger partial charge in [0.2, 0.25) is 0 Å². The lowest BCUT2D eigenvalue weighted by molar-refractivity contribution is 0.329. The highest BCUT2D eigenvalue weighted by atomic mass is 32.1. The van der Waals surface area contributed by atoms with Gasteiger partial charge in [0.05, 0.1) is 4.99 Å². The highest BCUT2D eigenvalue weighted by Crippen LogP contribution is 2.25. The van der Waals surface area contributed by atoms with Crippen LogP contribution < -0.4 is 5.73 Å². The number of rotatable bonds is 4. The van der Waals surface area contributed by atoms with Crippen LogP contribution in [0.4, 0.5) is 0 Å². The van der Waals surface area contributed by atoms with Crippen LogP contribution in [0.5, 0.6) is 0 Å². The summed E-state index contributed by atoms with van der Waals surface area (Å²) >= 11 is 4.79. The van der Waals surface area contributed by atoms with Crippen LogP contribution in [0.3, 0.4) is 0 Å². The van der Waals surface area contributed by atoms with Gasteiger partial charge in [0, 0.05) is 0 Å². The van der Waals surface area contributed by atoms with Gasteiger partial charge in [-0.3, -0.25) is 0 Å². The first-order valence-electron chi connectivity index (χ1n) is 3.76. The fourth-order valence-corrected chi connectivity index (χ4v) is 0.740. The molecule has 0 rings (SSSR count). The first kappa shape index (κ1) is 9.89. The second kappa shape index (κ2) is 3.91. The normalized spacial score (nSPS) is 11.5. The highest BCUT2D eigenvalue weighted by molar-refractivity contribution is 7.80. The standard InChI is InChI=1S/C8H17NS/c1-4-8(2,3)6-5-7(9)10/h4-6H2,1-3H3,(H2,9,10). The van der Waals surface area contributed by atoms with E-state index in [1.807, 2.05) is 0 Å². The van der Waals surface area contributed by atoms with Crippen LogP contribution in [-0.2, 0) is 0 Å². The molecule has 0 radical (unpaired) electrons. The average molecular weight is 159 g/mol. The second-order valence-electron chi connectivity index (χ2n) is 3.48. The molecule has 0 aromatic heterocycles. The molecule has 0 saturated heterocycles. The first-order valence-corrected chi connectivity index (χ1v) is 4.17. The number of thiocarbonyl (C=S) groups is 1. The highest BCUT2D eigenvalue weighted by Gasteiger charge is 2.14. The van der Waals surface area contributed by atoms with Gasteiger partial charge in [-0.25, -0.2) is 0 Å². The molecule has 0 saturated carbocycles. The topological polar surface area (TPSA) is 26.0 Å². The molecule has 0 unspecified atom stereocenters. The molecule has 2 heteroatoms. The van der Waals surface area contributed by atoms with Crippen LogP contribution in [0.2, 0.25) is 0 Å². The Hall–Kier alpha value is -0.110. The minimum Gasteiger partial charge on any atom is -0.393 e. The van der Waals surface area contributed by atoms with Crippen molar-refractivity contribution in [3.63, 3.8) is 0 Å². The van der Waals surface area contributed by atoms with Crippen LogP contribution >= 0.6 is 12.2 Å². The van der Waals surface area contributed by atoms with Gasteiger partial charge in [0.15, 0.2) is 0 Å². The molecule has 1 nitrogen and oxygen atoms in total. The van der Waals surface area contributed by atoms with Gasteiger partial charge in [-0.1, -0.05) is 39.4 Å². The molecule has 2 N–H and O–H groups in total. The van der Waals surface area contributed by atoms with Crippen LogP contribution in [0, 0.1) is 5.41 Å². The maximum absolute atomic E-state index is 5.39. The monoisotopic (exact) mass is 159 g/mol. The lowest BCUT2D eigenvalue weighted by Crippen LogP contribution is -2.15. The van der Waals surface area contributed by atoms with E-state index in [4.69, 9.17) is 18.0 Å². The summed E-state index contributed by atoms with van der Waals surface area (Å²) in [6.07, 6.45) is 3.19. The molecule has 0 aromatic rings. The zero-order valence-corrected chi connectivity index (χ0v) is 7.92. The predicted molar refractivity (Wildman–Crippen MR) is 50.1 cm³/mol. The van der Waals surface area contributed by atoms with E-state index >= 15 is 0 Å². The molecule has 0 aliphatic carbocycles. The van der Waals surface area contributed by atoms with Crippen molar-refractivity contribution in [1.82, 2.24) is 0 Å². The molecular formula is C8H17NS. The Bertz CT molecular complexity index is 118. The molecule has 0 heterocycles. The quantitative estimate of drug-likeness (QED) is 0.638. The van der Waals surface area contributed by atoms with E-state index in [1.54, 1.807) is 0 Å². The van der Waals surface area contributed by atoms with Crippen molar-refractivity contribution >= 4 is 17.2 Å². The van der Waals surface area contributed by atoms with Crippen molar-refractivity contribution in [3.8, 4) is 0 Å². The smallest absolute Gasteiger partial charge is 0.0727 e. The minimum absolute atomic E-state index is 0.406. The third-order valence-corrected chi connectivity index (χ3v) is 2.21. The molecule has 0 aromatic carbocycles. The van der Waals surface area contributed by atoms with E-state index < -0.39 is 0 Å². The molecule has 60 valence electrons. The van der Waals surface area contributed by atoms with Crippen LogP contribution in [-0.4, -0.2) is 4.99 Å². The van der Waals surface area contributed by atoms with E-state index in [-0.39, 0.29) is 0 Å². The first-order chi connectivity index (χ1) is 4.48. The summed E-state index contributed by atoms with van der Waals surface area (Å²) in [4.78, 5) is 0.640. The van der Waals surface area contributed by atoms with Gasteiger partial charge in [-0.2, -0.15) is 0 Å². The van der Waals surface area contributed by atoms with Crippen molar-refractivity contribution in [3.05, 3.63) is 0 Å². The number of hydrogen-bond acceptors (Lipinski definition) is 1. The third kappa shape index (κ3) is 4.74. The summed E-state index contributed by atoms with van der Waals surface area (Å²) in [5.41, 5.74) is 5.79. The third-order valence-electron chi connectivity index (χ3n) is 2.01. The van der Waals surface area contributed by atoms with E-state index in [1.165, 1.54) is 6.42 Å². The van der Waals surface area contributed by atoms with Crippen molar-refractivity contribution < 1.29 is 0 Å². The van der Waals surface area contributed by atoms with Gasteiger partial charge >= 0.3 is 0 Å². The van der Waals surface area contributed by atoms with Gasteiger partial charge in [-0.05, 0) is 18.3 Å². The Morgan fingerprint density at radius 3 is 2.30 bits per heavy atom. The van der Waals surface area contributed by atoms with E-state index in [0.717, 1.165) is 12.8 Å². The summed E-state index contributed by atoms with van der Waals surface area (Å²) in [6.45, 7) is 6.68. The lowest BCUT2D eigenvalue weighted by atomic mass is 9.85. The summed E-state index contributed by atoms with van der Waals surface area (Å²) < 4.78 is 0. The predicted octanol–water partition coefficient (Wildman–Crippen LogP) is 2.49. The molecule has 0 atom stereocenters. The van der Waals surface area contributed by atoms with Crippen LogP contribution in [0.1, 0.15) is 40.0 Å². The zero-order valence-electron chi connectivity index (χ0n) is 7.11. The molecule has 0 amide bonds.